The first-order chi connectivity index (χ1) is 13.3. The molecule has 1 aromatic carbocycles. The normalized spacial score (nSPS) is 14.7. The lowest BCUT2D eigenvalue weighted by molar-refractivity contribution is 0.415. The Balaban J connectivity index is 1.44. The highest BCUT2D eigenvalue weighted by Crippen LogP contribution is 2.29. The van der Waals surface area contributed by atoms with E-state index < -0.39 is 0 Å². The number of hydrogen-bond acceptors (Lipinski definition) is 4. The van der Waals surface area contributed by atoms with E-state index in [0.29, 0.717) is 11.2 Å². The molecule has 0 aliphatic heterocycles. The Labute approximate surface area is 169 Å². The van der Waals surface area contributed by atoms with Gasteiger partial charge in [0, 0.05) is 28.9 Å². The minimum Gasteiger partial charge on any atom is -0.360 e. The van der Waals surface area contributed by atoms with Gasteiger partial charge in [-0.2, -0.15) is 0 Å². The van der Waals surface area contributed by atoms with Crippen LogP contribution in [0, 0.1) is 0 Å². The Morgan fingerprint density at radius 1 is 1.04 bits per heavy atom. The molecular weight excluding hydrogens is 372 g/mol. The van der Waals surface area contributed by atoms with Crippen molar-refractivity contribution < 1.29 is 0 Å². The van der Waals surface area contributed by atoms with Gasteiger partial charge in [-0.1, -0.05) is 37.5 Å². The van der Waals surface area contributed by atoms with Crippen molar-refractivity contribution in [2.75, 3.05) is 5.32 Å². The van der Waals surface area contributed by atoms with Crippen LogP contribution in [0.5, 0.6) is 0 Å². The quantitative estimate of drug-likeness (QED) is 0.573. The monoisotopic (exact) mass is 394 g/mol. The maximum absolute atomic E-state index is 5.50. The van der Waals surface area contributed by atoms with E-state index in [2.05, 4.69) is 33.1 Å². The first-order valence-electron chi connectivity index (χ1n) is 9.33. The summed E-state index contributed by atoms with van der Waals surface area (Å²) in [7, 11) is 0. The Kier molecular flexibility index (Phi) is 5.75. The van der Waals surface area contributed by atoms with Crippen molar-refractivity contribution in [3.8, 4) is 22.0 Å². The largest absolute Gasteiger partial charge is 0.360 e. The molecule has 3 aromatic rings. The van der Waals surface area contributed by atoms with Crippen LogP contribution in [0.15, 0.2) is 54.0 Å². The minimum atomic E-state index is 0.501. The zero-order chi connectivity index (χ0) is 18.5. The highest BCUT2D eigenvalue weighted by Gasteiger charge is 2.14. The van der Waals surface area contributed by atoms with Crippen molar-refractivity contribution in [1.82, 2.24) is 15.3 Å². The van der Waals surface area contributed by atoms with Crippen LogP contribution < -0.4 is 10.6 Å². The number of nitrogens with zero attached hydrogens (tertiary/aromatic N) is 2. The molecule has 1 aliphatic rings. The summed E-state index contributed by atoms with van der Waals surface area (Å²) in [4.78, 5) is 9.12. The number of benzene rings is 1. The lowest BCUT2D eigenvalue weighted by Gasteiger charge is -2.24. The number of pyridine rings is 1. The van der Waals surface area contributed by atoms with Gasteiger partial charge >= 0.3 is 0 Å². The fourth-order valence-corrected chi connectivity index (χ4v) is 4.46. The number of anilines is 1. The van der Waals surface area contributed by atoms with Crippen molar-refractivity contribution >= 4 is 34.4 Å². The molecule has 0 atom stereocenters. The van der Waals surface area contributed by atoms with E-state index >= 15 is 0 Å². The van der Waals surface area contributed by atoms with Gasteiger partial charge in [0.1, 0.15) is 5.01 Å². The van der Waals surface area contributed by atoms with Crippen LogP contribution in [0.4, 0.5) is 5.69 Å². The van der Waals surface area contributed by atoms with Crippen LogP contribution in [0.1, 0.15) is 32.1 Å². The SMILES string of the molecule is S=C(Nc1cccc(-c2csc(-c3ccccn3)n2)c1)NC1CCCCC1. The molecule has 138 valence electrons. The molecule has 2 N–H and O–H groups in total. The van der Waals surface area contributed by atoms with E-state index in [4.69, 9.17) is 17.2 Å². The second-order valence-electron chi connectivity index (χ2n) is 6.77. The molecule has 0 amide bonds. The van der Waals surface area contributed by atoms with Gasteiger partial charge in [0.05, 0.1) is 11.4 Å². The molecule has 6 heteroatoms. The molecule has 4 nitrogen and oxygen atoms in total. The Morgan fingerprint density at radius 2 is 1.93 bits per heavy atom. The van der Waals surface area contributed by atoms with Gasteiger partial charge in [-0.25, -0.2) is 4.98 Å². The fourth-order valence-electron chi connectivity index (χ4n) is 3.37. The van der Waals surface area contributed by atoms with Crippen LogP contribution in [0.25, 0.3) is 22.0 Å². The predicted octanol–water partition coefficient (Wildman–Crippen LogP) is 5.49. The number of hydrogen-bond donors (Lipinski definition) is 2. The van der Waals surface area contributed by atoms with Gasteiger partial charge in [0.2, 0.25) is 0 Å². The van der Waals surface area contributed by atoms with E-state index in [1.165, 1.54) is 32.1 Å². The maximum Gasteiger partial charge on any atom is 0.170 e. The van der Waals surface area contributed by atoms with Crippen LogP contribution in [-0.4, -0.2) is 21.1 Å². The summed E-state index contributed by atoms with van der Waals surface area (Å²) < 4.78 is 0. The summed E-state index contributed by atoms with van der Waals surface area (Å²) in [6.45, 7) is 0. The van der Waals surface area contributed by atoms with Gasteiger partial charge in [0.15, 0.2) is 5.11 Å². The molecule has 1 saturated carbocycles. The van der Waals surface area contributed by atoms with Crippen molar-refractivity contribution in [3.05, 3.63) is 54.0 Å². The molecule has 2 aromatic heterocycles. The lowest BCUT2D eigenvalue weighted by atomic mass is 9.96. The summed E-state index contributed by atoms with van der Waals surface area (Å²) >= 11 is 7.11. The summed E-state index contributed by atoms with van der Waals surface area (Å²) in [5.74, 6) is 0. The first kappa shape index (κ1) is 18.1. The fraction of sp³-hybridized carbons (Fsp3) is 0.286. The molecule has 1 fully saturated rings. The molecule has 4 rings (SSSR count). The predicted molar refractivity (Wildman–Crippen MR) is 117 cm³/mol. The number of thiazole rings is 1. The van der Waals surface area contributed by atoms with E-state index in [0.717, 1.165) is 27.6 Å². The average molecular weight is 395 g/mol. The second kappa shape index (κ2) is 8.59. The zero-order valence-electron chi connectivity index (χ0n) is 15.0. The molecule has 0 saturated heterocycles. The maximum atomic E-state index is 5.50. The van der Waals surface area contributed by atoms with Crippen molar-refractivity contribution in [1.29, 1.82) is 0 Å². The highest BCUT2D eigenvalue weighted by atomic mass is 32.1. The molecule has 0 spiro atoms. The third-order valence-corrected chi connectivity index (χ3v) is 5.83. The van der Waals surface area contributed by atoms with E-state index in [1.54, 1.807) is 17.5 Å². The van der Waals surface area contributed by atoms with Crippen molar-refractivity contribution in [2.45, 2.75) is 38.1 Å². The van der Waals surface area contributed by atoms with E-state index in [9.17, 15) is 0 Å². The standard InChI is InChI=1S/C21H22N4S2/c26-21(23-16-8-2-1-3-9-16)24-17-10-6-7-15(13-17)19-14-27-20(25-19)18-11-4-5-12-22-18/h4-7,10-14,16H,1-3,8-9H2,(H2,23,24,26). The number of thiocarbonyl (C=S) groups is 1. The van der Waals surface area contributed by atoms with Gasteiger partial charge in [-0.05, 0) is 49.3 Å². The zero-order valence-corrected chi connectivity index (χ0v) is 16.7. The van der Waals surface area contributed by atoms with Crippen LogP contribution in [0.2, 0.25) is 0 Å². The smallest absolute Gasteiger partial charge is 0.170 e. The summed E-state index contributed by atoms with van der Waals surface area (Å²) in [5, 5.41) is 10.5. The first-order valence-corrected chi connectivity index (χ1v) is 10.6. The van der Waals surface area contributed by atoms with Gasteiger partial charge in [-0.3, -0.25) is 4.98 Å². The molecule has 27 heavy (non-hydrogen) atoms. The lowest BCUT2D eigenvalue weighted by Crippen LogP contribution is -2.38. The third-order valence-electron chi connectivity index (χ3n) is 4.74. The Hall–Kier alpha value is -2.31. The molecular formula is C21H22N4S2. The summed E-state index contributed by atoms with van der Waals surface area (Å²) in [5.41, 5.74) is 3.91. The van der Waals surface area contributed by atoms with Gasteiger partial charge in [-0.15, -0.1) is 11.3 Å². The average Bonchev–Trinajstić information content (AvgIpc) is 3.20. The second-order valence-corrected chi connectivity index (χ2v) is 8.03. The number of aromatic nitrogens is 2. The third kappa shape index (κ3) is 4.70. The number of nitrogens with one attached hydrogen (secondary N) is 2. The number of rotatable bonds is 4. The van der Waals surface area contributed by atoms with Crippen molar-refractivity contribution in [3.63, 3.8) is 0 Å². The topological polar surface area (TPSA) is 49.8 Å². The highest BCUT2D eigenvalue weighted by molar-refractivity contribution is 7.80. The Morgan fingerprint density at radius 3 is 2.74 bits per heavy atom. The van der Waals surface area contributed by atoms with Gasteiger partial charge in [0.25, 0.3) is 0 Å². The van der Waals surface area contributed by atoms with Crippen LogP contribution >= 0.6 is 23.6 Å². The van der Waals surface area contributed by atoms with Crippen LogP contribution in [0.3, 0.4) is 0 Å². The Bertz CT molecular complexity index is 901. The van der Waals surface area contributed by atoms with Gasteiger partial charge < -0.3 is 10.6 Å². The molecule has 2 heterocycles. The van der Waals surface area contributed by atoms with E-state index in [-0.39, 0.29) is 0 Å². The van der Waals surface area contributed by atoms with Crippen LogP contribution in [-0.2, 0) is 0 Å². The summed E-state index contributed by atoms with van der Waals surface area (Å²) in [6, 6.07) is 14.6. The molecule has 0 radical (unpaired) electrons. The van der Waals surface area contributed by atoms with E-state index in [1.807, 2.05) is 30.3 Å². The molecule has 1 aliphatic carbocycles. The minimum absolute atomic E-state index is 0.501. The molecule has 0 bridgehead atoms. The molecule has 0 unspecified atom stereocenters. The van der Waals surface area contributed by atoms with Crippen molar-refractivity contribution in [2.24, 2.45) is 0 Å². The summed E-state index contributed by atoms with van der Waals surface area (Å²) in [6.07, 6.45) is 8.13.